The summed E-state index contributed by atoms with van der Waals surface area (Å²) in [5.74, 6) is -1.26. The number of nitrogens with one attached hydrogen (secondary N) is 1. The zero-order valence-electron chi connectivity index (χ0n) is 21.4. The van der Waals surface area contributed by atoms with E-state index in [0.717, 1.165) is 27.8 Å². The highest BCUT2D eigenvalue weighted by atomic mass is 32.1. The first-order valence-electron chi connectivity index (χ1n) is 11.8. The summed E-state index contributed by atoms with van der Waals surface area (Å²) < 4.78 is 12.3. The monoisotopic (exact) mass is 508 g/mol. The summed E-state index contributed by atoms with van der Waals surface area (Å²) >= 11 is 0.989. The lowest BCUT2D eigenvalue weighted by Crippen LogP contribution is -2.19. The van der Waals surface area contributed by atoms with Gasteiger partial charge in [0.1, 0.15) is 22.2 Å². The van der Waals surface area contributed by atoms with E-state index >= 15 is 0 Å². The minimum Gasteiger partial charge on any atom is -0.462 e. The minimum absolute atomic E-state index is 0.0336. The minimum atomic E-state index is -0.616. The Morgan fingerprint density at radius 3 is 2.42 bits per heavy atom. The van der Waals surface area contributed by atoms with Gasteiger partial charge in [-0.25, -0.2) is 9.59 Å². The Morgan fingerprint density at radius 1 is 1.08 bits per heavy atom. The van der Waals surface area contributed by atoms with Crippen LogP contribution >= 0.6 is 11.3 Å². The Hall–Kier alpha value is -3.65. The summed E-state index contributed by atoms with van der Waals surface area (Å²) in [6, 6.07) is 6.19. The quantitative estimate of drug-likeness (QED) is 0.253. The molecular weight excluding hydrogens is 476 g/mol. The molecule has 36 heavy (non-hydrogen) atoms. The number of aromatic nitrogens is 1. The molecule has 190 valence electrons. The number of aryl methyl sites for hydroxylation is 1. The van der Waals surface area contributed by atoms with Crippen molar-refractivity contribution in [2.75, 3.05) is 18.5 Å². The van der Waals surface area contributed by atoms with Gasteiger partial charge < -0.3 is 19.4 Å². The fraction of sp³-hybridized carbons (Fsp3) is 0.321. The van der Waals surface area contributed by atoms with Crippen LogP contribution in [0.5, 0.6) is 0 Å². The smallest absolute Gasteiger partial charge is 0.348 e. The number of nitrogens with zero attached hydrogens (tertiary/aromatic N) is 1. The molecule has 3 rings (SSSR count). The number of thiophene rings is 1. The molecule has 0 saturated carbocycles. The molecule has 0 aliphatic heterocycles. The average Bonchev–Trinajstić information content (AvgIpc) is 3.31. The van der Waals surface area contributed by atoms with Gasteiger partial charge in [0.25, 0.3) is 5.91 Å². The van der Waals surface area contributed by atoms with Crippen molar-refractivity contribution in [3.63, 3.8) is 0 Å². The Labute approximate surface area is 215 Å². The van der Waals surface area contributed by atoms with Crippen LogP contribution in [-0.2, 0) is 16.0 Å². The van der Waals surface area contributed by atoms with Crippen LogP contribution in [0.1, 0.15) is 73.9 Å². The largest absolute Gasteiger partial charge is 0.462 e. The van der Waals surface area contributed by atoms with Crippen LogP contribution in [0.3, 0.4) is 0 Å². The molecule has 8 heteroatoms. The van der Waals surface area contributed by atoms with Gasteiger partial charge in [-0.05, 0) is 55.5 Å². The average molecular weight is 509 g/mol. The van der Waals surface area contributed by atoms with Crippen LogP contribution in [0.15, 0.2) is 43.5 Å². The number of hydrogen-bond acceptors (Lipinski definition) is 6. The fourth-order valence-electron chi connectivity index (χ4n) is 4.12. The van der Waals surface area contributed by atoms with E-state index in [1.807, 2.05) is 17.6 Å². The number of benzene rings is 1. The first-order valence-corrected chi connectivity index (χ1v) is 12.6. The van der Waals surface area contributed by atoms with E-state index in [1.54, 1.807) is 19.9 Å². The standard InChI is InChI=1S/C28H32N2O5S/c1-8-13-30-21-12-11-19(16(4)5)15-20(21)17(6)23(30)25(31)29-26-22(27(32)34-10-3)18(7)24(36-26)28(33)35-14-9-2/h8-9,11-12,15-16H,1-2,10,13-14H2,3-7H3,(H,29,31). The van der Waals surface area contributed by atoms with Gasteiger partial charge in [-0.1, -0.05) is 38.6 Å². The van der Waals surface area contributed by atoms with Crippen LogP contribution in [0, 0.1) is 13.8 Å². The maximum Gasteiger partial charge on any atom is 0.348 e. The molecule has 0 aliphatic carbocycles. The number of amides is 1. The van der Waals surface area contributed by atoms with E-state index in [2.05, 4.69) is 44.5 Å². The molecule has 2 aromatic heterocycles. The highest BCUT2D eigenvalue weighted by Gasteiger charge is 2.29. The first kappa shape index (κ1) is 26.9. The van der Waals surface area contributed by atoms with Crippen molar-refractivity contribution < 1.29 is 23.9 Å². The molecule has 0 unspecified atom stereocenters. The fourth-order valence-corrected chi connectivity index (χ4v) is 5.20. The number of fused-ring (bicyclic) bond motifs is 1. The van der Waals surface area contributed by atoms with Gasteiger partial charge in [0.05, 0.1) is 12.2 Å². The number of carbonyl (C=O) groups excluding carboxylic acids is 3. The van der Waals surface area contributed by atoms with Gasteiger partial charge in [0, 0.05) is 17.4 Å². The Balaban J connectivity index is 2.11. The van der Waals surface area contributed by atoms with Crippen LogP contribution in [0.2, 0.25) is 0 Å². The van der Waals surface area contributed by atoms with Gasteiger partial charge in [-0.2, -0.15) is 0 Å². The lowest BCUT2D eigenvalue weighted by Gasteiger charge is -2.11. The van der Waals surface area contributed by atoms with E-state index in [1.165, 1.54) is 11.6 Å². The molecule has 0 saturated heterocycles. The van der Waals surface area contributed by atoms with Crippen LogP contribution in [0.4, 0.5) is 5.00 Å². The maximum atomic E-state index is 13.7. The zero-order valence-corrected chi connectivity index (χ0v) is 22.2. The van der Waals surface area contributed by atoms with Gasteiger partial charge in [0.2, 0.25) is 0 Å². The number of allylic oxidation sites excluding steroid dienone is 1. The summed E-state index contributed by atoms with van der Waals surface area (Å²) in [7, 11) is 0. The van der Waals surface area contributed by atoms with Crippen molar-refractivity contribution >= 4 is 45.1 Å². The van der Waals surface area contributed by atoms with Crippen molar-refractivity contribution in [3.8, 4) is 0 Å². The van der Waals surface area contributed by atoms with Crippen molar-refractivity contribution in [1.29, 1.82) is 0 Å². The molecule has 0 radical (unpaired) electrons. The van der Waals surface area contributed by atoms with Gasteiger partial charge in [-0.3, -0.25) is 4.79 Å². The van der Waals surface area contributed by atoms with Crippen molar-refractivity contribution in [3.05, 3.63) is 76.3 Å². The zero-order chi connectivity index (χ0) is 26.6. The molecule has 3 aromatic rings. The third-order valence-corrected chi connectivity index (χ3v) is 7.09. The predicted octanol–water partition coefficient (Wildman–Crippen LogP) is 6.40. The lowest BCUT2D eigenvalue weighted by molar-refractivity contribution is 0.0527. The highest BCUT2D eigenvalue weighted by molar-refractivity contribution is 7.18. The van der Waals surface area contributed by atoms with Crippen molar-refractivity contribution in [2.45, 2.75) is 47.1 Å². The number of hydrogen-bond donors (Lipinski definition) is 1. The molecule has 0 bridgehead atoms. The summed E-state index contributed by atoms with van der Waals surface area (Å²) in [4.78, 5) is 39.3. The molecule has 1 aromatic carbocycles. The molecule has 2 heterocycles. The van der Waals surface area contributed by atoms with Crippen LogP contribution in [-0.4, -0.2) is 35.6 Å². The highest BCUT2D eigenvalue weighted by Crippen LogP contribution is 2.36. The molecule has 0 atom stereocenters. The predicted molar refractivity (Wildman–Crippen MR) is 144 cm³/mol. The summed E-state index contributed by atoms with van der Waals surface area (Å²) in [5, 5.41) is 4.09. The number of esters is 2. The van der Waals surface area contributed by atoms with E-state index in [-0.39, 0.29) is 28.7 Å². The number of ether oxygens (including phenoxy) is 2. The molecule has 7 nitrogen and oxygen atoms in total. The number of rotatable bonds is 10. The lowest BCUT2D eigenvalue weighted by atomic mass is 10.0. The topological polar surface area (TPSA) is 86.6 Å². The Kier molecular flexibility index (Phi) is 8.53. The molecular formula is C28H32N2O5S. The second-order valence-electron chi connectivity index (χ2n) is 8.63. The van der Waals surface area contributed by atoms with Crippen LogP contribution in [0.25, 0.3) is 10.9 Å². The van der Waals surface area contributed by atoms with Crippen molar-refractivity contribution in [2.24, 2.45) is 0 Å². The Bertz CT molecular complexity index is 1350. The molecule has 1 N–H and O–H groups in total. The second-order valence-corrected chi connectivity index (χ2v) is 9.65. The maximum absolute atomic E-state index is 13.7. The third kappa shape index (κ3) is 5.14. The number of anilines is 1. The molecule has 0 aliphatic rings. The summed E-state index contributed by atoms with van der Waals surface area (Å²) in [6.07, 6.45) is 3.20. The molecule has 0 fully saturated rings. The SMILES string of the molecule is C=CCOC(=O)c1sc(NC(=O)c2c(C)c3cc(C(C)C)ccc3n2CC=C)c(C(=O)OCC)c1C. The Morgan fingerprint density at radius 2 is 1.81 bits per heavy atom. The van der Waals surface area contributed by atoms with Gasteiger partial charge >= 0.3 is 11.9 Å². The molecule has 1 amide bonds. The third-order valence-electron chi connectivity index (χ3n) is 5.91. The van der Waals surface area contributed by atoms with Crippen molar-refractivity contribution in [1.82, 2.24) is 4.57 Å². The van der Waals surface area contributed by atoms with Crippen LogP contribution < -0.4 is 5.32 Å². The van der Waals surface area contributed by atoms with E-state index < -0.39 is 17.8 Å². The summed E-state index contributed by atoms with van der Waals surface area (Å²) in [6.45, 7) is 17.5. The van der Waals surface area contributed by atoms with E-state index in [0.29, 0.717) is 23.7 Å². The van der Waals surface area contributed by atoms with Gasteiger partial charge in [0.15, 0.2) is 0 Å². The van der Waals surface area contributed by atoms with E-state index in [9.17, 15) is 14.4 Å². The number of carbonyl (C=O) groups is 3. The second kappa shape index (κ2) is 11.4. The summed E-state index contributed by atoms with van der Waals surface area (Å²) in [5.41, 5.74) is 3.92. The van der Waals surface area contributed by atoms with Gasteiger partial charge in [-0.15, -0.1) is 17.9 Å². The molecule has 0 spiro atoms. The first-order chi connectivity index (χ1) is 17.2. The van der Waals surface area contributed by atoms with E-state index in [4.69, 9.17) is 9.47 Å². The normalized spacial score (nSPS) is 10.9.